The van der Waals surface area contributed by atoms with Crippen LogP contribution in [-0.2, 0) is 15.0 Å². The van der Waals surface area contributed by atoms with Gasteiger partial charge in [0.15, 0.2) is 0 Å². The van der Waals surface area contributed by atoms with E-state index in [0.717, 1.165) is 60.1 Å². The first-order chi connectivity index (χ1) is 21.8. The van der Waals surface area contributed by atoms with Crippen molar-refractivity contribution < 1.29 is 19.4 Å². The second kappa shape index (κ2) is 13.4. The number of aliphatic hydroxyl groups is 1. The van der Waals surface area contributed by atoms with E-state index in [9.17, 15) is 14.7 Å². The highest BCUT2D eigenvalue weighted by atomic mass is 16.5. The first-order valence-corrected chi connectivity index (χ1v) is 16.8. The van der Waals surface area contributed by atoms with Crippen molar-refractivity contribution in [2.24, 2.45) is 23.5 Å². The molecule has 0 bridgehead atoms. The Morgan fingerprint density at radius 1 is 1.04 bits per heavy atom. The van der Waals surface area contributed by atoms with Gasteiger partial charge in [0.25, 0.3) is 0 Å². The Kier molecular flexibility index (Phi) is 9.31. The summed E-state index contributed by atoms with van der Waals surface area (Å²) in [6.07, 6.45) is 13.3. The molecule has 4 N–H and O–H groups in total. The largest absolute Gasteiger partial charge is 0.496 e. The van der Waals surface area contributed by atoms with E-state index in [0.29, 0.717) is 37.1 Å². The van der Waals surface area contributed by atoms with Crippen LogP contribution < -0.4 is 15.8 Å². The standard InChI is InChI=1S/C37H48N4O4/c1-24-18-28(11-15-34(24)45-2)26-8-6-25(7-9-26)20-37(21-29(35(38)43)10-14-33(37)36(44)39-16-17-42)31-5-3-4-27(19-31)30-22-40-41(23-30)32-12-13-32/h3-5,11,15,18-19,22-23,25-26,29,32-33,42H,6-10,12-14,16-17,20-21H2,1-2H3,(H2,38,43)(H,39,44)/t25?,26?,29-,33+,37?/m0/s1. The molecule has 3 aliphatic carbocycles. The molecule has 0 saturated heterocycles. The van der Waals surface area contributed by atoms with Crippen molar-refractivity contribution in [3.05, 3.63) is 71.5 Å². The van der Waals surface area contributed by atoms with E-state index in [-0.39, 0.29) is 36.8 Å². The number of ether oxygens (including phenoxy) is 1. The molecule has 3 fully saturated rings. The van der Waals surface area contributed by atoms with Gasteiger partial charge in [-0.2, -0.15) is 5.10 Å². The van der Waals surface area contributed by atoms with Gasteiger partial charge in [0.2, 0.25) is 11.8 Å². The molecule has 1 aromatic heterocycles. The van der Waals surface area contributed by atoms with E-state index in [1.54, 1.807) is 7.11 Å². The predicted molar refractivity (Wildman–Crippen MR) is 175 cm³/mol. The summed E-state index contributed by atoms with van der Waals surface area (Å²) in [6.45, 7) is 2.21. The molecule has 8 nitrogen and oxygen atoms in total. The van der Waals surface area contributed by atoms with Crippen molar-refractivity contribution in [2.45, 2.75) is 88.5 Å². The quantitative estimate of drug-likeness (QED) is 0.252. The minimum Gasteiger partial charge on any atom is -0.496 e. The summed E-state index contributed by atoms with van der Waals surface area (Å²) in [5.41, 5.74) is 11.2. The van der Waals surface area contributed by atoms with Crippen LogP contribution >= 0.6 is 0 Å². The van der Waals surface area contributed by atoms with E-state index >= 15 is 0 Å². The average Bonchev–Trinajstić information content (AvgIpc) is 3.79. The zero-order chi connectivity index (χ0) is 31.6. The lowest BCUT2D eigenvalue weighted by molar-refractivity contribution is -0.133. The highest BCUT2D eigenvalue weighted by Gasteiger charge is 2.50. The molecule has 3 aromatic rings. The molecule has 6 rings (SSSR count). The SMILES string of the molecule is COc1ccc(C2CCC(CC3(c4cccc(-c5cnn(C6CC6)c5)c4)C[C@@H](C(N)=O)CC[C@@H]3C(=O)NCCO)CC2)cc1C. The molecule has 1 unspecified atom stereocenters. The molecule has 2 aromatic carbocycles. The van der Waals surface area contributed by atoms with Gasteiger partial charge in [0.05, 0.1) is 26.0 Å². The molecular weight excluding hydrogens is 564 g/mol. The normalized spacial score (nSPS) is 26.7. The van der Waals surface area contributed by atoms with Crippen molar-refractivity contribution in [1.82, 2.24) is 15.1 Å². The van der Waals surface area contributed by atoms with Gasteiger partial charge >= 0.3 is 0 Å². The Hall–Kier alpha value is -3.65. The molecule has 8 heteroatoms. The molecule has 3 atom stereocenters. The Labute approximate surface area is 266 Å². The van der Waals surface area contributed by atoms with Gasteiger partial charge in [-0.25, -0.2) is 0 Å². The minimum absolute atomic E-state index is 0.0404. The van der Waals surface area contributed by atoms with Crippen LogP contribution in [0.3, 0.4) is 0 Å². The first-order valence-electron chi connectivity index (χ1n) is 16.8. The van der Waals surface area contributed by atoms with Crippen LogP contribution in [0.25, 0.3) is 11.1 Å². The van der Waals surface area contributed by atoms with Gasteiger partial charge in [-0.15, -0.1) is 0 Å². The Bertz CT molecular complexity index is 1510. The fourth-order valence-corrected chi connectivity index (χ4v) is 8.32. The molecule has 240 valence electrons. The number of nitrogens with two attached hydrogens (primary N) is 1. The minimum atomic E-state index is -0.547. The molecule has 2 amide bonds. The molecule has 0 radical (unpaired) electrons. The average molecular weight is 613 g/mol. The number of hydrogen-bond donors (Lipinski definition) is 3. The topological polar surface area (TPSA) is 119 Å². The Morgan fingerprint density at radius 3 is 2.53 bits per heavy atom. The van der Waals surface area contributed by atoms with Crippen molar-refractivity contribution in [1.29, 1.82) is 0 Å². The van der Waals surface area contributed by atoms with Crippen LogP contribution in [0.1, 0.15) is 92.9 Å². The maximum absolute atomic E-state index is 13.9. The number of amides is 2. The zero-order valence-electron chi connectivity index (χ0n) is 26.7. The maximum atomic E-state index is 13.9. The lowest BCUT2D eigenvalue weighted by Crippen LogP contribution is -2.51. The number of nitrogens with zero attached hydrogens (tertiary/aromatic N) is 2. The van der Waals surface area contributed by atoms with Gasteiger partial charge in [0.1, 0.15) is 5.75 Å². The third kappa shape index (κ3) is 6.67. The number of primary amides is 1. The number of methoxy groups -OCH3 is 1. The van der Waals surface area contributed by atoms with Crippen molar-refractivity contribution >= 4 is 11.8 Å². The first kappa shape index (κ1) is 31.3. The van der Waals surface area contributed by atoms with Crippen LogP contribution in [0.2, 0.25) is 0 Å². The van der Waals surface area contributed by atoms with E-state index in [4.69, 9.17) is 10.5 Å². The van der Waals surface area contributed by atoms with Gasteiger partial charge < -0.3 is 20.9 Å². The van der Waals surface area contributed by atoms with Crippen molar-refractivity contribution in [2.75, 3.05) is 20.3 Å². The number of aryl methyl sites for hydroxylation is 1. The van der Waals surface area contributed by atoms with Crippen LogP contribution in [0.15, 0.2) is 54.9 Å². The number of benzene rings is 2. The number of carbonyl (C=O) groups is 2. The summed E-state index contributed by atoms with van der Waals surface area (Å²) in [4.78, 5) is 26.6. The summed E-state index contributed by atoms with van der Waals surface area (Å²) < 4.78 is 7.55. The maximum Gasteiger partial charge on any atom is 0.224 e. The number of rotatable bonds is 11. The molecule has 0 spiro atoms. The van der Waals surface area contributed by atoms with E-state index in [1.165, 1.54) is 18.4 Å². The van der Waals surface area contributed by atoms with Crippen LogP contribution in [0, 0.1) is 24.7 Å². The lowest BCUT2D eigenvalue weighted by atomic mass is 9.55. The van der Waals surface area contributed by atoms with Gasteiger partial charge in [0, 0.05) is 35.6 Å². The summed E-state index contributed by atoms with van der Waals surface area (Å²) in [5.74, 6) is 0.916. The third-order valence-corrected chi connectivity index (χ3v) is 10.9. The Morgan fingerprint density at radius 2 is 1.84 bits per heavy atom. The van der Waals surface area contributed by atoms with Gasteiger partial charge in [-0.3, -0.25) is 14.3 Å². The van der Waals surface area contributed by atoms with Crippen LogP contribution in [0.5, 0.6) is 5.75 Å². The Balaban J connectivity index is 1.32. The van der Waals surface area contributed by atoms with Crippen LogP contribution in [-0.4, -0.2) is 47.0 Å². The third-order valence-electron chi connectivity index (χ3n) is 10.9. The molecule has 0 aliphatic heterocycles. The second-order valence-electron chi connectivity index (χ2n) is 13.8. The molecule has 3 aliphatic rings. The van der Waals surface area contributed by atoms with Crippen LogP contribution in [0.4, 0.5) is 0 Å². The smallest absolute Gasteiger partial charge is 0.224 e. The number of aromatic nitrogens is 2. The number of carbonyl (C=O) groups excluding carboxylic acids is 2. The summed E-state index contributed by atoms with van der Waals surface area (Å²) >= 11 is 0. The van der Waals surface area contributed by atoms with Gasteiger partial charge in [-0.05, 0) is 111 Å². The van der Waals surface area contributed by atoms with Crippen molar-refractivity contribution in [3.63, 3.8) is 0 Å². The fraction of sp³-hybridized carbons (Fsp3) is 0.541. The molecule has 45 heavy (non-hydrogen) atoms. The number of hydrogen-bond acceptors (Lipinski definition) is 5. The summed E-state index contributed by atoms with van der Waals surface area (Å²) in [7, 11) is 1.71. The van der Waals surface area contributed by atoms with E-state index in [2.05, 4.69) is 70.7 Å². The lowest BCUT2D eigenvalue weighted by Gasteiger charge is -2.48. The summed E-state index contributed by atoms with van der Waals surface area (Å²) in [6, 6.07) is 15.6. The monoisotopic (exact) mass is 612 g/mol. The fourth-order valence-electron chi connectivity index (χ4n) is 8.32. The second-order valence-corrected chi connectivity index (χ2v) is 13.8. The highest BCUT2D eigenvalue weighted by Crippen LogP contribution is 2.53. The number of nitrogens with one attached hydrogen (secondary N) is 1. The van der Waals surface area contributed by atoms with Gasteiger partial charge in [-0.1, -0.05) is 36.4 Å². The highest BCUT2D eigenvalue weighted by molar-refractivity contribution is 5.82. The predicted octanol–water partition coefficient (Wildman–Crippen LogP) is 5.81. The summed E-state index contributed by atoms with van der Waals surface area (Å²) in [5, 5.41) is 17.1. The zero-order valence-corrected chi connectivity index (χ0v) is 26.7. The molecule has 3 saturated carbocycles. The van der Waals surface area contributed by atoms with E-state index in [1.807, 2.05) is 6.20 Å². The number of aliphatic hydroxyl groups excluding tert-OH is 1. The van der Waals surface area contributed by atoms with Crippen molar-refractivity contribution in [3.8, 4) is 16.9 Å². The molecule has 1 heterocycles. The molecular formula is C37H48N4O4. The van der Waals surface area contributed by atoms with E-state index < -0.39 is 5.41 Å².